The molecular weight excluding hydrogens is 412 g/mol. The molecule has 0 fully saturated rings. The van der Waals surface area contributed by atoms with E-state index in [0.717, 1.165) is 44.3 Å². The number of para-hydroxylation sites is 1. The summed E-state index contributed by atoms with van der Waals surface area (Å²) in [5.74, 6) is -1.08. The van der Waals surface area contributed by atoms with Gasteiger partial charge in [-0.2, -0.15) is 0 Å². The fourth-order valence-corrected chi connectivity index (χ4v) is 4.66. The van der Waals surface area contributed by atoms with Crippen LogP contribution in [-0.2, 0) is 13.0 Å². The molecule has 0 spiro atoms. The Bertz CT molecular complexity index is 1110. The van der Waals surface area contributed by atoms with E-state index in [1.165, 1.54) is 18.2 Å². The van der Waals surface area contributed by atoms with Crippen LogP contribution in [0.25, 0.3) is 10.9 Å². The molecule has 7 heteroatoms. The molecule has 1 unspecified atom stereocenters. The standard InChI is InChI=1S/C25H29F2N3O2/c1-2-11-29(12-3-4-13-30-14-10-17-6-5-7-21(26)23(17)30)18-15-20-19(25(28)31)8-9-22(27)24(20)32-16-18/h5-10,14,18H,2-4,11-13,15-16H2,1H3,(H2,28,31). The molecule has 2 N–H and O–H groups in total. The molecule has 0 saturated carbocycles. The van der Waals surface area contributed by atoms with Crippen molar-refractivity contribution in [2.24, 2.45) is 5.73 Å². The van der Waals surface area contributed by atoms with Crippen molar-refractivity contribution in [2.45, 2.75) is 45.2 Å². The van der Waals surface area contributed by atoms with Crippen molar-refractivity contribution in [1.29, 1.82) is 0 Å². The summed E-state index contributed by atoms with van der Waals surface area (Å²) in [6, 6.07) is 9.79. The quantitative estimate of drug-likeness (QED) is 0.497. The van der Waals surface area contributed by atoms with E-state index >= 15 is 0 Å². The van der Waals surface area contributed by atoms with Crippen molar-refractivity contribution >= 4 is 16.8 Å². The summed E-state index contributed by atoms with van der Waals surface area (Å²) in [6.45, 7) is 4.96. The van der Waals surface area contributed by atoms with Crippen molar-refractivity contribution in [3.8, 4) is 5.75 Å². The number of carbonyl (C=O) groups excluding carboxylic acids is 1. The predicted molar refractivity (Wildman–Crippen MR) is 121 cm³/mol. The van der Waals surface area contributed by atoms with Crippen molar-refractivity contribution < 1.29 is 18.3 Å². The van der Waals surface area contributed by atoms with Crippen molar-refractivity contribution in [1.82, 2.24) is 9.47 Å². The molecule has 1 aromatic heterocycles. The van der Waals surface area contributed by atoms with E-state index in [9.17, 15) is 13.6 Å². The van der Waals surface area contributed by atoms with Gasteiger partial charge in [-0.05, 0) is 63.0 Å². The van der Waals surface area contributed by atoms with Gasteiger partial charge in [-0.3, -0.25) is 9.69 Å². The second kappa shape index (κ2) is 9.69. The highest BCUT2D eigenvalue weighted by atomic mass is 19.1. The fourth-order valence-electron chi connectivity index (χ4n) is 4.66. The van der Waals surface area contributed by atoms with Crippen LogP contribution in [0.1, 0.15) is 42.1 Å². The Balaban J connectivity index is 1.40. The number of aryl methyl sites for hydroxylation is 1. The number of nitrogens with zero attached hydrogens (tertiary/aromatic N) is 2. The number of primary amides is 1. The second-order valence-corrected chi connectivity index (χ2v) is 8.37. The number of ether oxygens (including phenoxy) is 1. The van der Waals surface area contributed by atoms with Crippen molar-refractivity contribution in [2.75, 3.05) is 19.7 Å². The zero-order chi connectivity index (χ0) is 22.7. The van der Waals surface area contributed by atoms with Gasteiger partial charge in [0.25, 0.3) is 0 Å². The molecule has 1 aliphatic rings. The van der Waals surface area contributed by atoms with E-state index in [1.807, 2.05) is 22.9 Å². The van der Waals surface area contributed by atoms with E-state index in [4.69, 9.17) is 10.5 Å². The monoisotopic (exact) mass is 441 g/mol. The number of hydrogen-bond donors (Lipinski definition) is 1. The third-order valence-corrected chi connectivity index (χ3v) is 6.20. The average molecular weight is 442 g/mol. The number of unbranched alkanes of at least 4 members (excludes halogenated alkanes) is 1. The van der Waals surface area contributed by atoms with Crippen LogP contribution in [-0.4, -0.2) is 41.1 Å². The van der Waals surface area contributed by atoms with E-state index in [0.29, 0.717) is 29.7 Å². The second-order valence-electron chi connectivity index (χ2n) is 8.37. The number of halogens is 2. The molecule has 1 atom stereocenters. The molecule has 0 aliphatic carbocycles. The lowest BCUT2D eigenvalue weighted by molar-refractivity contribution is 0.0984. The third-order valence-electron chi connectivity index (χ3n) is 6.20. The van der Waals surface area contributed by atoms with Gasteiger partial charge in [0.15, 0.2) is 11.6 Å². The van der Waals surface area contributed by atoms with Crippen LogP contribution < -0.4 is 10.5 Å². The minimum atomic E-state index is -0.571. The van der Waals surface area contributed by atoms with E-state index in [2.05, 4.69) is 11.8 Å². The molecule has 0 saturated heterocycles. The number of benzene rings is 2. The number of fused-ring (bicyclic) bond motifs is 2. The highest BCUT2D eigenvalue weighted by molar-refractivity contribution is 5.95. The Morgan fingerprint density at radius 1 is 1.16 bits per heavy atom. The maximum absolute atomic E-state index is 14.2. The number of rotatable bonds is 9. The maximum atomic E-state index is 14.2. The van der Waals surface area contributed by atoms with Crippen molar-refractivity contribution in [3.63, 3.8) is 0 Å². The summed E-state index contributed by atoms with van der Waals surface area (Å²) in [7, 11) is 0. The molecule has 2 heterocycles. The van der Waals surface area contributed by atoms with Gasteiger partial charge in [0.1, 0.15) is 12.4 Å². The molecule has 32 heavy (non-hydrogen) atoms. The molecule has 3 aromatic rings. The van der Waals surface area contributed by atoms with Gasteiger partial charge in [0, 0.05) is 35.3 Å². The molecule has 0 radical (unpaired) electrons. The lowest BCUT2D eigenvalue weighted by Gasteiger charge is -2.35. The zero-order valence-electron chi connectivity index (χ0n) is 18.3. The Kier molecular flexibility index (Phi) is 6.74. The summed E-state index contributed by atoms with van der Waals surface area (Å²) in [5.41, 5.74) is 7.04. The van der Waals surface area contributed by atoms with Gasteiger partial charge in [0.2, 0.25) is 5.91 Å². The van der Waals surface area contributed by atoms with Gasteiger partial charge >= 0.3 is 0 Å². The van der Waals surface area contributed by atoms with Gasteiger partial charge in [-0.25, -0.2) is 8.78 Å². The molecule has 1 aliphatic heterocycles. The average Bonchev–Trinajstić information content (AvgIpc) is 3.20. The highest BCUT2D eigenvalue weighted by Crippen LogP contribution is 2.32. The number of amides is 1. The topological polar surface area (TPSA) is 60.5 Å². The Hall–Kier alpha value is -2.93. The van der Waals surface area contributed by atoms with E-state index < -0.39 is 11.7 Å². The van der Waals surface area contributed by atoms with Gasteiger partial charge in [-0.15, -0.1) is 0 Å². The largest absolute Gasteiger partial charge is 0.489 e. The summed E-state index contributed by atoms with van der Waals surface area (Å²) in [6.07, 6.45) is 5.28. The summed E-state index contributed by atoms with van der Waals surface area (Å²) < 4.78 is 36.1. The van der Waals surface area contributed by atoms with Crippen LogP contribution in [0, 0.1) is 11.6 Å². The smallest absolute Gasteiger partial charge is 0.249 e. The zero-order valence-corrected chi connectivity index (χ0v) is 18.3. The molecule has 4 rings (SSSR count). The first-order chi connectivity index (χ1) is 15.5. The van der Waals surface area contributed by atoms with Gasteiger partial charge in [0.05, 0.1) is 5.52 Å². The Morgan fingerprint density at radius 2 is 2.00 bits per heavy atom. The Labute approximate surface area is 186 Å². The molecule has 5 nitrogen and oxygen atoms in total. The summed E-state index contributed by atoms with van der Waals surface area (Å²) in [4.78, 5) is 14.2. The first-order valence-electron chi connectivity index (χ1n) is 11.2. The van der Waals surface area contributed by atoms with Gasteiger partial charge in [-0.1, -0.05) is 19.1 Å². The minimum Gasteiger partial charge on any atom is -0.489 e. The minimum absolute atomic E-state index is 0.0483. The van der Waals surface area contributed by atoms with E-state index in [-0.39, 0.29) is 17.6 Å². The molecular formula is C25H29F2N3O2. The molecule has 1 amide bonds. The van der Waals surface area contributed by atoms with Crippen LogP contribution in [0.4, 0.5) is 8.78 Å². The number of hydrogen-bond acceptors (Lipinski definition) is 3. The molecule has 2 aromatic carbocycles. The normalized spacial score (nSPS) is 15.7. The van der Waals surface area contributed by atoms with Crippen LogP contribution in [0.5, 0.6) is 5.75 Å². The lowest BCUT2D eigenvalue weighted by Crippen LogP contribution is -2.44. The predicted octanol–water partition coefficient (Wildman–Crippen LogP) is 4.51. The first-order valence-corrected chi connectivity index (χ1v) is 11.2. The number of nitrogens with two attached hydrogens (primary N) is 1. The maximum Gasteiger partial charge on any atom is 0.249 e. The lowest BCUT2D eigenvalue weighted by atomic mass is 9.95. The summed E-state index contributed by atoms with van der Waals surface area (Å²) in [5, 5.41) is 0.910. The highest BCUT2D eigenvalue weighted by Gasteiger charge is 2.29. The summed E-state index contributed by atoms with van der Waals surface area (Å²) >= 11 is 0. The van der Waals surface area contributed by atoms with Crippen LogP contribution in [0.15, 0.2) is 42.6 Å². The molecule has 170 valence electrons. The van der Waals surface area contributed by atoms with Crippen molar-refractivity contribution in [3.05, 3.63) is 65.4 Å². The van der Waals surface area contributed by atoms with Gasteiger partial charge < -0.3 is 15.0 Å². The third kappa shape index (κ3) is 4.48. The SMILES string of the molecule is CCCN(CCCCn1ccc2cccc(F)c21)C1COc2c(F)ccc(C(N)=O)c2C1. The first kappa shape index (κ1) is 22.3. The fraction of sp³-hybridized carbons (Fsp3) is 0.400. The number of aromatic nitrogens is 1. The van der Waals surface area contributed by atoms with Crippen LogP contribution >= 0.6 is 0 Å². The molecule has 0 bridgehead atoms. The van der Waals surface area contributed by atoms with Crippen LogP contribution in [0.2, 0.25) is 0 Å². The number of carbonyl (C=O) groups is 1. The van der Waals surface area contributed by atoms with Crippen LogP contribution in [0.3, 0.4) is 0 Å². The Morgan fingerprint density at radius 3 is 2.78 bits per heavy atom. The van der Waals surface area contributed by atoms with E-state index in [1.54, 1.807) is 6.07 Å².